The van der Waals surface area contributed by atoms with Crippen molar-refractivity contribution in [2.75, 3.05) is 31.5 Å². The van der Waals surface area contributed by atoms with E-state index in [4.69, 9.17) is 23.2 Å². The minimum Gasteiger partial charge on any atom is -0.337 e. The molecule has 0 heterocycles. The van der Waals surface area contributed by atoms with Crippen LogP contribution in [0.3, 0.4) is 0 Å². The Balaban J connectivity index is 2.39. The SMILES string of the molecule is CCCCN(CCCC)CCNC(=O)Nc1c(Cl)cccc1Cl. The fourth-order valence-electron chi connectivity index (χ4n) is 2.20. The molecule has 0 radical (unpaired) electrons. The molecule has 130 valence electrons. The fourth-order valence-corrected chi connectivity index (χ4v) is 2.69. The van der Waals surface area contributed by atoms with Crippen molar-refractivity contribution in [1.82, 2.24) is 10.2 Å². The number of amides is 2. The molecule has 0 aromatic heterocycles. The summed E-state index contributed by atoms with van der Waals surface area (Å²) in [5, 5.41) is 6.43. The van der Waals surface area contributed by atoms with E-state index in [0.29, 0.717) is 22.3 Å². The second-order valence-electron chi connectivity index (χ2n) is 5.53. The quantitative estimate of drug-likeness (QED) is 0.616. The number of hydrogen-bond acceptors (Lipinski definition) is 2. The lowest BCUT2D eigenvalue weighted by Gasteiger charge is -2.22. The van der Waals surface area contributed by atoms with Crippen molar-refractivity contribution < 1.29 is 4.79 Å². The molecule has 0 unspecified atom stereocenters. The standard InChI is InChI=1S/C17H27Cl2N3O/c1-3-5-11-22(12-6-4-2)13-10-20-17(23)21-16-14(18)8-7-9-15(16)19/h7-9H,3-6,10-13H2,1-2H3,(H2,20,21,23). The normalized spacial score (nSPS) is 10.8. The van der Waals surface area contributed by atoms with Crippen LogP contribution in [-0.2, 0) is 0 Å². The van der Waals surface area contributed by atoms with Gasteiger partial charge in [-0.15, -0.1) is 0 Å². The van der Waals surface area contributed by atoms with Gasteiger partial charge in [0.25, 0.3) is 0 Å². The van der Waals surface area contributed by atoms with E-state index in [1.54, 1.807) is 18.2 Å². The van der Waals surface area contributed by atoms with E-state index in [2.05, 4.69) is 29.4 Å². The van der Waals surface area contributed by atoms with Crippen LogP contribution in [0, 0.1) is 0 Å². The molecule has 0 aliphatic heterocycles. The van der Waals surface area contributed by atoms with Crippen molar-refractivity contribution in [2.45, 2.75) is 39.5 Å². The second-order valence-corrected chi connectivity index (χ2v) is 6.34. The van der Waals surface area contributed by atoms with E-state index >= 15 is 0 Å². The number of benzene rings is 1. The molecule has 0 spiro atoms. The van der Waals surface area contributed by atoms with Crippen molar-refractivity contribution >= 4 is 34.9 Å². The van der Waals surface area contributed by atoms with E-state index in [9.17, 15) is 4.79 Å². The molecule has 2 amide bonds. The molecule has 4 nitrogen and oxygen atoms in total. The Labute approximate surface area is 149 Å². The molecule has 0 saturated heterocycles. The van der Waals surface area contributed by atoms with Crippen LogP contribution in [0.2, 0.25) is 10.0 Å². The summed E-state index contributed by atoms with van der Waals surface area (Å²) in [4.78, 5) is 14.4. The van der Waals surface area contributed by atoms with Crippen molar-refractivity contribution in [2.24, 2.45) is 0 Å². The predicted octanol–water partition coefficient (Wildman–Crippen LogP) is 5.02. The van der Waals surface area contributed by atoms with Gasteiger partial charge in [0, 0.05) is 13.1 Å². The molecule has 1 aromatic carbocycles. The molecular weight excluding hydrogens is 333 g/mol. The lowest BCUT2D eigenvalue weighted by Crippen LogP contribution is -2.37. The molecule has 23 heavy (non-hydrogen) atoms. The highest BCUT2D eigenvalue weighted by atomic mass is 35.5. The summed E-state index contributed by atoms with van der Waals surface area (Å²) < 4.78 is 0. The molecule has 1 rings (SSSR count). The smallest absolute Gasteiger partial charge is 0.319 e. The maximum Gasteiger partial charge on any atom is 0.319 e. The summed E-state index contributed by atoms with van der Waals surface area (Å²) >= 11 is 12.1. The first kappa shape index (κ1) is 20.1. The van der Waals surface area contributed by atoms with Crippen molar-refractivity contribution in [1.29, 1.82) is 0 Å². The number of carbonyl (C=O) groups is 1. The first-order chi connectivity index (χ1) is 11.1. The monoisotopic (exact) mass is 359 g/mol. The van der Waals surface area contributed by atoms with Crippen LogP contribution in [0.4, 0.5) is 10.5 Å². The number of unbranched alkanes of at least 4 members (excludes halogenated alkanes) is 2. The maximum absolute atomic E-state index is 12.0. The van der Waals surface area contributed by atoms with E-state index in [0.717, 1.165) is 19.6 Å². The topological polar surface area (TPSA) is 44.4 Å². The number of nitrogens with one attached hydrogen (secondary N) is 2. The summed E-state index contributed by atoms with van der Waals surface area (Å²) in [6.07, 6.45) is 4.74. The van der Waals surface area contributed by atoms with Crippen molar-refractivity contribution in [3.63, 3.8) is 0 Å². The van der Waals surface area contributed by atoms with E-state index < -0.39 is 0 Å². The lowest BCUT2D eigenvalue weighted by molar-refractivity contribution is 0.243. The van der Waals surface area contributed by atoms with Crippen LogP contribution in [0.15, 0.2) is 18.2 Å². The van der Waals surface area contributed by atoms with E-state index in [-0.39, 0.29) is 6.03 Å². The van der Waals surface area contributed by atoms with Gasteiger partial charge in [0.15, 0.2) is 0 Å². The minimum atomic E-state index is -0.286. The molecule has 0 aliphatic rings. The molecule has 1 aromatic rings. The number of para-hydroxylation sites is 1. The Bertz CT molecular complexity index is 455. The predicted molar refractivity (Wildman–Crippen MR) is 99.7 cm³/mol. The third-order valence-electron chi connectivity index (χ3n) is 3.57. The highest BCUT2D eigenvalue weighted by Gasteiger charge is 2.10. The molecule has 0 bridgehead atoms. The summed E-state index contributed by atoms with van der Waals surface area (Å²) in [5.74, 6) is 0. The van der Waals surface area contributed by atoms with Gasteiger partial charge >= 0.3 is 6.03 Å². The van der Waals surface area contributed by atoms with Gasteiger partial charge in [-0.05, 0) is 38.1 Å². The number of hydrogen-bond donors (Lipinski definition) is 2. The van der Waals surface area contributed by atoms with Crippen LogP contribution in [-0.4, -0.2) is 37.1 Å². The fraction of sp³-hybridized carbons (Fsp3) is 0.588. The van der Waals surface area contributed by atoms with Crippen LogP contribution in [0.25, 0.3) is 0 Å². The van der Waals surface area contributed by atoms with Gasteiger partial charge in [0.05, 0.1) is 15.7 Å². The maximum atomic E-state index is 12.0. The Hall–Kier alpha value is -0.970. The van der Waals surface area contributed by atoms with Crippen LogP contribution in [0.5, 0.6) is 0 Å². The molecular formula is C17H27Cl2N3O. The Morgan fingerprint density at radius 3 is 2.13 bits per heavy atom. The van der Waals surface area contributed by atoms with Gasteiger partial charge < -0.3 is 15.5 Å². The third kappa shape index (κ3) is 7.91. The molecule has 2 N–H and O–H groups in total. The molecule has 0 fully saturated rings. The molecule has 0 saturated carbocycles. The van der Waals surface area contributed by atoms with Gasteiger partial charge in [0.2, 0.25) is 0 Å². The van der Waals surface area contributed by atoms with Crippen molar-refractivity contribution in [3.8, 4) is 0 Å². The highest BCUT2D eigenvalue weighted by molar-refractivity contribution is 6.39. The van der Waals surface area contributed by atoms with Crippen molar-refractivity contribution in [3.05, 3.63) is 28.2 Å². The number of nitrogens with zero attached hydrogens (tertiary/aromatic N) is 1. The molecule has 0 atom stereocenters. The van der Waals surface area contributed by atoms with Gasteiger partial charge in [-0.2, -0.15) is 0 Å². The zero-order chi connectivity index (χ0) is 17.1. The minimum absolute atomic E-state index is 0.286. The van der Waals surface area contributed by atoms with Gasteiger partial charge in [0.1, 0.15) is 0 Å². The molecule has 6 heteroatoms. The lowest BCUT2D eigenvalue weighted by atomic mass is 10.2. The zero-order valence-corrected chi connectivity index (χ0v) is 15.5. The van der Waals surface area contributed by atoms with Crippen LogP contribution < -0.4 is 10.6 Å². The molecule has 0 aliphatic carbocycles. The summed E-state index contributed by atoms with van der Waals surface area (Å²) in [6.45, 7) is 7.99. The Kier molecular flexibility index (Phi) is 10.1. The van der Waals surface area contributed by atoms with Crippen LogP contribution >= 0.6 is 23.2 Å². The Morgan fingerprint density at radius 2 is 1.61 bits per heavy atom. The highest BCUT2D eigenvalue weighted by Crippen LogP contribution is 2.29. The summed E-state index contributed by atoms with van der Waals surface area (Å²) in [6, 6.07) is 4.85. The average Bonchev–Trinajstić information content (AvgIpc) is 2.53. The first-order valence-electron chi connectivity index (χ1n) is 8.29. The van der Waals surface area contributed by atoms with E-state index in [1.165, 1.54) is 25.7 Å². The third-order valence-corrected chi connectivity index (χ3v) is 4.20. The number of halogens is 2. The summed E-state index contributed by atoms with van der Waals surface area (Å²) in [5.41, 5.74) is 0.446. The van der Waals surface area contributed by atoms with Crippen LogP contribution in [0.1, 0.15) is 39.5 Å². The largest absolute Gasteiger partial charge is 0.337 e. The van der Waals surface area contributed by atoms with E-state index in [1.807, 2.05) is 0 Å². The summed E-state index contributed by atoms with van der Waals surface area (Å²) in [7, 11) is 0. The van der Waals surface area contributed by atoms with Gasteiger partial charge in [-0.25, -0.2) is 4.79 Å². The number of urea groups is 1. The first-order valence-corrected chi connectivity index (χ1v) is 9.05. The number of rotatable bonds is 10. The number of carbonyl (C=O) groups excluding carboxylic acids is 1. The zero-order valence-electron chi connectivity index (χ0n) is 14.0. The average molecular weight is 360 g/mol. The Morgan fingerprint density at radius 1 is 1.04 bits per heavy atom. The van der Waals surface area contributed by atoms with Gasteiger partial charge in [-0.3, -0.25) is 0 Å². The number of anilines is 1. The second kappa shape index (κ2) is 11.5. The van der Waals surface area contributed by atoms with Gasteiger partial charge in [-0.1, -0.05) is 56.0 Å².